The predicted molar refractivity (Wildman–Crippen MR) is 79.8 cm³/mol. The third-order valence-corrected chi connectivity index (χ3v) is 4.23. The van der Waals surface area contributed by atoms with Gasteiger partial charge in [-0.3, -0.25) is 9.48 Å². The first-order chi connectivity index (χ1) is 9.41. The molecular formula is C15H26N4O. The number of amides is 1. The highest BCUT2D eigenvalue weighted by atomic mass is 16.1. The van der Waals surface area contributed by atoms with Crippen LogP contribution >= 0.6 is 0 Å². The molecule has 1 aliphatic rings. The molecule has 112 valence electrons. The van der Waals surface area contributed by atoms with E-state index in [2.05, 4.69) is 36.5 Å². The standard InChI is InChI=1S/C15H26N4O/c1-11(2)13-9-12(18-19(13)4)14(20)17-10-15(3)5-7-16-8-6-15/h9,11,16H,5-8,10H2,1-4H3,(H,17,20). The van der Waals surface area contributed by atoms with Gasteiger partial charge in [0.05, 0.1) is 0 Å². The van der Waals surface area contributed by atoms with Crippen LogP contribution in [0.2, 0.25) is 0 Å². The number of aromatic nitrogens is 2. The second-order valence-corrected chi connectivity index (χ2v) is 6.48. The Morgan fingerprint density at radius 3 is 2.70 bits per heavy atom. The first kappa shape index (κ1) is 15.0. The molecule has 1 aliphatic heterocycles. The molecule has 1 aromatic rings. The van der Waals surface area contributed by atoms with E-state index in [1.807, 2.05) is 13.1 Å². The molecule has 0 saturated carbocycles. The number of aryl methyl sites for hydroxylation is 1. The topological polar surface area (TPSA) is 59.0 Å². The van der Waals surface area contributed by atoms with Crippen molar-refractivity contribution in [3.63, 3.8) is 0 Å². The predicted octanol–water partition coefficient (Wildman–Crippen LogP) is 1.66. The monoisotopic (exact) mass is 278 g/mol. The summed E-state index contributed by atoms with van der Waals surface area (Å²) in [7, 11) is 1.89. The fraction of sp³-hybridized carbons (Fsp3) is 0.733. The molecule has 0 unspecified atom stereocenters. The lowest BCUT2D eigenvalue weighted by atomic mass is 9.81. The maximum absolute atomic E-state index is 12.2. The normalized spacial score (nSPS) is 18.2. The van der Waals surface area contributed by atoms with Gasteiger partial charge in [-0.1, -0.05) is 20.8 Å². The molecule has 2 heterocycles. The molecule has 2 rings (SSSR count). The van der Waals surface area contributed by atoms with Gasteiger partial charge >= 0.3 is 0 Å². The third kappa shape index (κ3) is 3.39. The van der Waals surface area contributed by atoms with Crippen molar-refractivity contribution in [2.75, 3.05) is 19.6 Å². The molecule has 0 radical (unpaired) electrons. The molecule has 0 aliphatic carbocycles. The molecule has 5 nitrogen and oxygen atoms in total. The minimum absolute atomic E-state index is 0.0627. The molecular weight excluding hydrogens is 252 g/mol. The van der Waals surface area contributed by atoms with Gasteiger partial charge in [0.25, 0.3) is 5.91 Å². The number of hydrogen-bond donors (Lipinski definition) is 2. The van der Waals surface area contributed by atoms with E-state index in [0.717, 1.165) is 38.2 Å². The van der Waals surface area contributed by atoms with Gasteiger partial charge in [0.1, 0.15) is 5.69 Å². The van der Waals surface area contributed by atoms with E-state index in [-0.39, 0.29) is 11.3 Å². The zero-order valence-electron chi connectivity index (χ0n) is 13.0. The Kier molecular flexibility index (Phi) is 4.48. The van der Waals surface area contributed by atoms with Crippen molar-refractivity contribution in [3.8, 4) is 0 Å². The quantitative estimate of drug-likeness (QED) is 0.880. The summed E-state index contributed by atoms with van der Waals surface area (Å²) in [5.74, 6) is 0.309. The van der Waals surface area contributed by atoms with Crippen LogP contribution in [0.15, 0.2) is 6.07 Å². The number of piperidine rings is 1. The lowest BCUT2D eigenvalue weighted by Gasteiger charge is -2.34. The number of carbonyl (C=O) groups is 1. The first-order valence-corrected chi connectivity index (χ1v) is 7.44. The van der Waals surface area contributed by atoms with Crippen LogP contribution in [0, 0.1) is 5.41 Å². The summed E-state index contributed by atoms with van der Waals surface area (Å²) < 4.78 is 1.80. The van der Waals surface area contributed by atoms with Crippen LogP contribution in [0.4, 0.5) is 0 Å². The molecule has 1 fully saturated rings. The molecule has 1 amide bonds. The average molecular weight is 278 g/mol. The van der Waals surface area contributed by atoms with Crippen molar-refractivity contribution < 1.29 is 4.79 Å². The minimum Gasteiger partial charge on any atom is -0.350 e. The van der Waals surface area contributed by atoms with Crippen molar-refractivity contribution in [3.05, 3.63) is 17.5 Å². The lowest BCUT2D eigenvalue weighted by molar-refractivity contribution is 0.0916. The Balaban J connectivity index is 1.96. The van der Waals surface area contributed by atoms with Gasteiger partial charge in [0.15, 0.2) is 0 Å². The van der Waals surface area contributed by atoms with Crippen molar-refractivity contribution in [2.24, 2.45) is 12.5 Å². The van der Waals surface area contributed by atoms with E-state index in [9.17, 15) is 4.79 Å². The van der Waals surface area contributed by atoms with Gasteiger partial charge < -0.3 is 10.6 Å². The van der Waals surface area contributed by atoms with Crippen LogP contribution < -0.4 is 10.6 Å². The van der Waals surface area contributed by atoms with Crippen molar-refractivity contribution in [2.45, 2.75) is 39.5 Å². The van der Waals surface area contributed by atoms with Gasteiger partial charge in [-0.25, -0.2) is 0 Å². The summed E-state index contributed by atoms with van der Waals surface area (Å²) >= 11 is 0. The summed E-state index contributed by atoms with van der Waals surface area (Å²) in [6.07, 6.45) is 2.21. The zero-order valence-corrected chi connectivity index (χ0v) is 13.0. The van der Waals surface area contributed by atoms with E-state index in [4.69, 9.17) is 0 Å². The van der Waals surface area contributed by atoms with Crippen molar-refractivity contribution >= 4 is 5.91 Å². The van der Waals surface area contributed by atoms with Crippen LogP contribution in [0.25, 0.3) is 0 Å². The summed E-state index contributed by atoms with van der Waals surface area (Å²) in [5, 5.41) is 10.7. The van der Waals surface area contributed by atoms with Crippen LogP contribution in [0.1, 0.15) is 55.7 Å². The number of carbonyl (C=O) groups excluding carboxylic acids is 1. The molecule has 1 aromatic heterocycles. The first-order valence-electron chi connectivity index (χ1n) is 7.44. The summed E-state index contributed by atoms with van der Waals surface area (Å²) in [5.41, 5.74) is 1.81. The van der Waals surface area contributed by atoms with Crippen LogP contribution in [0.5, 0.6) is 0 Å². The summed E-state index contributed by atoms with van der Waals surface area (Å²) in [6, 6.07) is 1.89. The van der Waals surface area contributed by atoms with E-state index in [1.165, 1.54) is 0 Å². The third-order valence-electron chi connectivity index (χ3n) is 4.23. The molecule has 0 atom stereocenters. The summed E-state index contributed by atoms with van der Waals surface area (Å²) in [6.45, 7) is 9.25. The Hall–Kier alpha value is -1.36. The highest BCUT2D eigenvalue weighted by Crippen LogP contribution is 2.26. The average Bonchev–Trinajstić information content (AvgIpc) is 2.79. The number of nitrogens with zero attached hydrogens (tertiary/aromatic N) is 2. The molecule has 1 saturated heterocycles. The zero-order chi connectivity index (χ0) is 14.8. The Bertz CT molecular complexity index is 472. The number of rotatable bonds is 4. The van der Waals surface area contributed by atoms with Gasteiger partial charge in [0, 0.05) is 19.3 Å². The van der Waals surface area contributed by atoms with E-state index in [1.54, 1.807) is 4.68 Å². The SMILES string of the molecule is CC(C)c1cc(C(=O)NCC2(C)CCNCC2)nn1C. The maximum Gasteiger partial charge on any atom is 0.271 e. The smallest absolute Gasteiger partial charge is 0.271 e. The summed E-state index contributed by atoms with van der Waals surface area (Å²) in [4.78, 5) is 12.2. The fourth-order valence-electron chi connectivity index (χ4n) is 2.72. The number of hydrogen-bond acceptors (Lipinski definition) is 3. The fourth-order valence-corrected chi connectivity index (χ4v) is 2.72. The van der Waals surface area contributed by atoms with Crippen LogP contribution in [-0.2, 0) is 7.05 Å². The minimum atomic E-state index is -0.0627. The Labute approximate surface area is 121 Å². The molecule has 0 spiro atoms. The van der Waals surface area contributed by atoms with E-state index < -0.39 is 0 Å². The number of nitrogens with one attached hydrogen (secondary N) is 2. The lowest BCUT2D eigenvalue weighted by Crippen LogP contribution is -2.43. The molecule has 0 bridgehead atoms. The van der Waals surface area contributed by atoms with E-state index in [0.29, 0.717) is 11.6 Å². The highest BCUT2D eigenvalue weighted by molar-refractivity contribution is 5.92. The second kappa shape index (κ2) is 5.95. The maximum atomic E-state index is 12.2. The van der Waals surface area contributed by atoms with Crippen LogP contribution in [0.3, 0.4) is 0 Å². The molecule has 0 aromatic carbocycles. The molecule has 2 N–H and O–H groups in total. The van der Waals surface area contributed by atoms with Crippen molar-refractivity contribution in [1.82, 2.24) is 20.4 Å². The van der Waals surface area contributed by atoms with Crippen LogP contribution in [-0.4, -0.2) is 35.3 Å². The largest absolute Gasteiger partial charge is 0.350 e. The van der Waals surface area contributed by atoms with Gasteiger partial charge in [-0.15, -0.1) is 0 Å². The van der Waals surface area contributed by atoms with Gasteiger partial charge in [-0.2, -0.15) is 5.10 Å². The van der Waals surface area contributed by atoms with E-state index >= 15 is 0 Å². The molecule has 20 heavy (non-hydrogen) atoms. The highest BCUT2D eigenvalue weighted by Gasteiger charge is 2.27. The Morgan fingerprint density at radius 2 is 2.15 bits per heavy atom. The van der Waals surface area contributed by atoms with Gasteiger partial charge in [0.2, 0.25) is 0 Å². The Morgan fingerprint density at radius 1 is 1.50 bits per heavy atom. The molecule has 5 heteroatoms. The second-order valence-electron chi connectivity index (χ2n) is 6.48. The van der Waals surface area contributed by atoms with Gasteiger partial charge in [-0.05, 0) is 43.3 Å². The van der Waals surface area contributed by atoms with Crippen molar-refractivity contribution in [1.29, 1.82) is 0 Å².